The van der Waals surface area contributed by atoms with Crippen molar-refractivity contribution in [3.05, 3.63) is 59.1 Å². The van der Waals surface area contributed by atoms with Crippen LogP contribution < -0.4 is 0 Å². The van der Waals surface area contributed by atoms with Crippen LogP contribution in [0.5, 0.6) is 0 Å². The minimum Gasteiger partial charge on any atom is -0.335 e. The highest BCUT2D eigenvalue weighted by Gasteiger charge is 2.17. The van der Waals surface area contributed by atoms with Crippen LogP contribution in [-0.4, -0.2) is 27.8 Å². The molecule has 0 N–H and O–H groups in total. The zero-order valence-electron chi connectivity index (χ0n) is 11.3. The van der Waals surface area contributed by atoms with Gasteiger partial charge in [0.1, 0.15) is 5.01 Å². The number of amides is 1. The van der Waals surface area contributed by atoms with Gasteiger partial charge in [0.15, 0.2) is 5.82 Å². The van der Waals surface area contributed by atoms with Gasteiger partial charge in [-0.2, -0.15) is 0 Å². The Hall–Kier alpha value is -2.34. The summed E-state index contributed by atoms with van der Waals surface area (Å²) in [5, 5.41) is 0.821. The summed E-state index contributed by atoms with van der Waals surface area (Å²) in [5.74, 6) is -0.993. The summed E-state index contributed by atoms with van der Waals surface area (Å²) in [6, 6.07) is 9.17. The van der Waals surface area contributed by atoms with Crippen LogP contribution in [-0.2, 0) is 6.54 Å². The van der Waals surface area contributed by atoms with Crippen molar-refractivity contribution in [3.8, 4) is 0 Å². The molecule has 1 amide bonds. The van der Waals surface area contributed by atoms with Crippen LogP contribution in [0.2, 0.25) is 0 Å². The number of thiazole rings is 1. The van der Waals surface area contributed by atoms with E-state index in [1.807, 2.05) is 24.3 Å². The molecule has 0 atom stereocenters. The van der Waals surface area contributed by atoms with Gasteiger partial charge in [0.25, 0.3) is 5.91 Å². The van der Waals surface area contributed by atoms with Crippen molar-refractivity contribution < 1.29 is 9.18 Å². The first-order valence-electron chi connectivity index (χ1n) is 6.34. The number of aromatic nitrogens is 2. The van der Waals surface area contributed by atoms with Gasteiger partial charge in [-0.15, -0.1) is 11.3 Å². The molecule has 0 aliphatic heterocycles. The SMILES string of the molecule is CN(Cc1nc2ccccc2s1)C(=O)c1ccncc1F. The maximum Gasteiger partial charge on any atom is 0.257 e. The van der Waals surface area contributed by atoms with E-state index in [1.54, 1.807) is 7.05 Å². The topological polar surface area (TPSA) is 46.1 Å². The second kappa shape index (κ2) is 5.57. The van der Waals surface area contributed by atoms with Crippen LogP contribution in [0.3, 0.4) is 0 Å². The number of para-hydroxylation sites is 1. The second-order valence-electron chi connectivity index (χ2n) is 4.59. The van der Waals surface area contributed by atoms with E-state index in [0.717, 1.165) is 21.4 Å². The van der Waals surface area contributed by atoms with Crippen molar-refractivity contribution in [2.75, 3.05) is 7.05 Å². The van der Waals surface area contributed by atoms with Gasteiger partial charge in [0, 0.05) is 13.2 Å². The van der Waals surface area contributed by atoms with Gasteiger partial charge in [0.2, 0.25) is 0 Å². The molecule has 6 heteroatoms. The van der Waals surface area contributed by atoms with Gasteiger partial charge < -0.3 is 4.90 Å². The van der Waals surface area contributed by atoms with Crippen LogP contribution in [0.15, 0.2) is 42.7 Å². The fourth-order valence-electron chi connectivity index (χ4n) is 2.02. The number of nitrogens with zero attached hydrogens (tertiary/aromatic N) is 3. The number of hydrogen-bond donors (Lipinski definition) is 0. The summed E-state index contributed by atoms with van der Waals surface area (Å²) in [5.41, 5.74) is 0.932. The number of carbonyl (C=O) groups is 1. The quantitative estimate of drug-likeness (QED) is 0.747. The predicted octanol–water partition coefficient (Wildman–Crippen LogP) is 3.10. The van der Waals surface area contributed by atoms with E-state index in [0.29, 0.717) is 6.54 Å². The number of benzene rings is 1. The summed E-state index contributed by atoms with van der Waals surface area (Å²) in [6.07, 6.45) is 2.45. The lowest BCUT2D eigenvalue weighted by Gasteiger charge is -2.15. The minimum atomic E-state index is -0.612. The van der Waals surface area contributed by atoms with Crippen LogP contribution in [0.4, 0.5) is 4.39 Å². The first kappa shape index (κ1) is 13.6. The molecule has 0 radical (unpaired) electrons. The Kier molecular flexibility index (Phi) is 3.62. The van der Waals surface area contributed by atoms with Gasteiger partial charge in [-0.1, -0.05) is 12.1 Å². The van der Waals surface area contributed by atoms with Crippen molar-refractivity contribution in [2.45, 2.75) is 6.54 Å². The monoisotopic (exact) mass is 301 g/mol. The molecule has 3 aromatic rings. The molecule has 0 saturated carbocycles. The maximum atomic E-state index is 13.6. The molecule has 3 rings (SSSR count). The number of carbonyl (C=O) groups excluding carboxylic acids is 1. The molecular formula is C15H12FN3OS. The molecule has 0 aliphatic carbocycles. The summed E-state index contributed by atoms with van der Waals surface area (Å²) < 4.78 is 14.7. The summed E-state index contributed by atoms with van der Waals surface area (Å²) in [6.45, 7) is 0.347. The van der Waals surface area contributed by atoms with Crippen molar-refractivity contribution in [3.63, 3.8) is 0 Å². The standard InChI is InChI=1S/C15H12FN3OS/c1-19(15(20)10-6-7-17-8-11(10)16)9-14-18-12-4-2-3-5-13(12)21-14/h2-8H,9H2,1H3. The van der Waals surface area contributed by atoms with Gasteiger partial charge in [-0.3, -0.25) is 9.78 Å². The highest BCUT2D eigenvalue weighted by molar-refractivity contribution is 7.18. The van der Waals surface area contributed by atoms with E-state index in [9.17, 15) is 9.18 Å². The Balaban J connectivity index is 1.81. The summed E-state index contributed by atoms with van der Waals surface area (Å²) >= 11 is 1.53. The van der Waals surface area contributed by atoms with Gasteiger partial charge in [0.05, 0.1) is 28.5 Å². The van der Waals surface area contributed by atoms with Crippen molar-refractivity contribution in [2.24, 2.45) is 0 Å². The lowest BCUT2D eigenvalue weighted by molar-refractivity contribution is 0.0780. The van der Waals surface area contributed by atoms with Gasteiger partial charge >= 0.3 is 0 Å². The molecular weight excluding hydrogens is 289 g/mol. The smallest absolute Gasteiger partial charge is 0.257 e. The number of rotatable bonds is 3. The number of pyridine rings is 1. The van der Waals surface area contributed by atoms with E-state index >= 15 is 0 Å². The highest BCUT2D eigenvalue weighted by Crippen LogP contribution is 2.22. The third kappa shape index (κ3) is 2.75. The predicted molar refractivity (Wildman–Crippen MR) is 79.6 cm³/mol. The third-order valence-corrected chi connectivity index (χ3v) is 4.08. The second-order valence-corrected chi connectivity index (χ2v) is 5.71. The number of halogens is 1. The van der Waals surface area contributed by atoms with Gasteiger partial charge in [-0.05, 0) is 18.2 Å². The molecule has 21 heavy (non-hydrogen) atoms. The fraction of sp³-hybridized carbons (Fsp3) is 0.133. The maximum absolute atomic E-state index is 13.6. The Labute approximate surface area is 124 Å². The molecule has 0 fully saturated rings. The Bertz CT molecular complexity index is 769. The largest absolute Gasteiger partial charge is 0.335 e. The van der Waals surface area contributed by atoms with Crippen LogP contribution in [0.25, 0.3) is 10.2 Å². The zero-order valence-corrected chi connectivity index (χ0v) is 12.1. The molecule has 0 saturated heterocycles. The summed E-state index contributed by atoms with van der Waals surface area (Å²) in [4.78, 5) is 21.8. The molecule has 0 aliphatic rings. The average Bonchev–Trinajstić information content (AvgIpc) is 2.89. The van der Waals surface area contributed by atoms with Crippen molar-refractivity contribution in [1.82, 2.24) is 14.9 Å². The summed E-state index contributed by atoms with van der Waals surface area (Å²) in [7, 11) is 1.63. The van der Waals surface area contributed by atoms with E-state index in [4.69, 9.17) is 0 Å². The van der Waals surface area contributed by atoms with Crippen molar-refractivity contribution >= 4 is 27.5 Å². The van der Waals surface area contributed by atoms with E-state index in [2.05, 4.69) is 9.97 Å². The van der Waals surface area contributed by atoms with E-state index in [-0.39, 0.29) is 11.5 Å². The van der Waals surface area contributed by atoms with Crippen LogP contribution in [0.1, 0.15) is 15.4 Å². The fourth-order valence-corrected chi connectivity index (χ4v) is 3.04. The lowest BCUT2D eigenvalue weighted by atomic mass is 10.2. The van der Waals surface area contributed by atoms with Crippen molar-refractivity contribution in [1.29, 1.82) is 0 Å². The molecule has 1 aromatic carbocycles. The lowest BCUT2D eigenvalue weighted by Crippen LogP contribution is -2.27. The Morgan fingerprint density at radius 1 is 1.33 bits per heavy atom. The normalized spacial score (nSPS) is 10.8. The molecule has 106 valence electrons. The van der Waals surface area contributed by atoms with E-state index in [1.165, 1.54) is 28.5 Å². The number of hydrogen-bond acceptors (Lipinski definition) is 4. The van der Waals surface area contributed by atoms with E-state index < -0.39 is 5.82 Å². The molecule has 0 bridgehead atoms. The Morgan fingerprint density at radius 2 is 2.14 bits per heavy atom. The highest BCUT2D eigenvalue weighted by atomic mass is 32.1. The zero-order chi connectivity index (χ0) is 14.8. The minimum absolute atomic E-state index is 0.0219. The molecule has 4 nitrogen and oxygen atoms in total. The molecule has 0 unspecified atom stereocenters. The van der Waals surface area contributed by atoms with Gasteiger partial charge in [-0.25, -0.2) is 9.37 Å². The molecule has 2 heterocycles. The average molecular weight is 301 g/mol. The molecule has 0 spiro atoms. The van der Waals surface area contributed by atoms with Crippen LogP contribution in [0, 0.1) is 5.82 Å². The van der Waals surface area contributed by atoms with Crippen LogP contribution >= 0.6 is 11.3 Å². The third-order valence-electron chi connectivity index (χ3n) is 3.06. The number of fused-ring (bicyclic) bond motifs is 1. The first-order chi connectivity index (χ1) is 10.1. The Morgan fingerprint density at radius 3 is 2.90 bits per heavy atom. The molecule has 2 aromatic heterocycles. The first-order valence-corrected chi connectivity index (χ1v) is 7.16.